The van der Waals surface area contributed by atoms with E-state index in [4.69, 9.17) is 12.2 Å². The minimum absolute atomic E-state index is 0.367. The second kappa shape index (κ2) is 4.67. The van der Waals surface area contributed by atoms with Crippen LogP contribution in [0.4, 0.5) is 0 Å². The van der Waals surface area contributed by atoms with Crippen molar-refractivity contribution in [2.75, 3.05) is 6.26 Å². The van der Waals surface area contributed by atoms with Crippen LogP contribution in [0, 0.1) is 23.7 Å². The fourth-order valence-corrected chi connectivity index (χ4v) is 6.68. The lowest BCUT2D eigenvalue weighted by atomic mass is 9.53. The van der Waals surface area contributed by atoms with Gasteiger partial charge in [-0.15, -0.1) is 0 Å². The number of thiocarbonyl (C=S) groups is 1. The SMILES string of the molecule is CC(C)C(=S)NC1C2CC3CC1CC(S(C)(=O)=O)(C3)C2. The smallest absolute Gasteiger partial charge is 0.153 e. The Hall–Kier alpha value is -0.160. The summed E-state index contributed by atoms with van der Waals surface area (Å²) in [5.74, 6) is 1.97. The van der Waals surface area contributed by atoms with Crippen molar-refractivity contribution in [2.24, 2.45) is 23.7 Å². The van der Waals surface area contributed by atoms with E-state index in [9.17, 15) is 8.42 Å². The van der Waals surface area contributed by atoms with E-state index in [2.05, 4.69) is 19.2 Å². The molecule has 5 heteroatoms. The molecule has 0 aromatic heterocycles. The summed E-state index contributed by atoms with van der Waals surface area (Å²) in [5, 5.41) is 3.57. The molecule has 0 aromatic rings. The summed E-state index contributed by atoms with van der Waals surface area (Å²) in [6.45, 7) is 4.23. The first-order valence-electron chi connectivity index (χ1n) is 7.72. The highest BCUT2D eigenvalue weighted by molar-refractivity contribution is 7.92. The van der Waals surface area contributed by atoms with Crippen LogP contribution in [-0.4, -0.2) is 30.5 Å². The quantitative estimate of drug-likeness (QED) is 0.813. The predicted molar refractivity (Wildman–Crippen MR) is 85.5 cm³/mol. The zero-order chi connectivity index (χ0) is 14.7. The largest absolute Gasteiger partial charge is 0.376 e. The average molecular weight is 316 g/mol. The van der Waals surface area contributed by atoms with E-state index in [1.165, 1.54) is 19.1 Å². The van der Waals surface area contributed by atoms with E-state index in [-0.39, 0.29) is 0 Å². The van der Waals surface area contributed by atoms with Gasteiger partial charge in [0.05, 0.1) is 9.74 Å². The van der Waals surface area contributed by atoms with Crippen LogP contribution in [0.15, 0.2) is 0 Å². The van der Waals surface area contributed by atoms with Crippen molar-refractivity contribution in [3.05, 3.63) is 0 Å². The van der Waals surface area contributed by atoms with Gasteiger partial charge >= 0.3 is 0 Å². The summed E-state index contributed by atoms with van der Waals surface area (Å²) in [6.07, 6.45) is 6.41. The molecule has 20 heavy (non-hydrogen) atoms. The predicted octanol–water partition coefficient (Wildman–Crippen LogP) is 2.55. The zero-order valence-corrected chi connectivity index (χ0v) is 14.2. The van der Waals surface area contributed by atoms with E-state index in [1.54, 1.807) is 0 Å². The monoisotopic (exact) mass is 315 g/mol. The van der Waals surface area contributed by atoms with E-state index < -0.39 is 14.6 Å². The van der Waals surface area contributed by atoms with Gasteiger partial charge in [0.1, 0.15) is 0 Å². The van der Waals surface area contributed by atoms with Gasteiger partial charge in [-0.1, -0.05) is 26.1 Å². The summed E-state index contributed by atoms with van der Waals surface area (Å²) in [5.41, 5.74) is 0. The van der Waals surface area contributed by atoms with Crippen molar-refractivity contribution in [3.8, 4) is 0 Å². The topological polar surface area (TPSA) is 46.2 Å². The Morgan fingerprint density at radius 1 is 1.20 bits per heavy atom. The second-order valence-corrected chi connectivity index (χ2v) is 10.5. The van der Waals surface area contributed by atoms with Crippen molar-refractivity contribution in [2.45, 2.75) is 56.7 Å². The molecule has 4 bridgehead atoms. The average Bonchev–Trinajstić information content (AvgIpc) is 2.31. The molecular formula is C15H25NO2S2. The first kappa shape index (κ1) is 14.8. The highest BCUT2D eigenvalue weighted by Gasteiger charge is 2.59. The molecule has 1 N–H and O–H groups in total. The molecule has 4 rings (SSSR count). The highest BCUT2D eigenvalue weighted by atomic mass is 32.2. The minimum atomic E-state index is -2.95. The van der Waals surface area contributed by atoms with Crippen LogP contribution in [-0.2, 0) is 9.84 Å². The van der Waals surface area contributed by atoms with Crippen LogP contribution in [0.25, 0.3) is 0 Å². The van der Waals surface area contributed by atoms with Crippen LogP contribution in [0.5, 0.6) is 0 Å². The molecule has 0 amide bonds. The molecule has 4 saturated carbocycles. The molecule has 2 unspecified atom stereocenters. The normalized spacial score (nSPS) is 43.0. The van der Waals surface area contributed by atoms with Crippen molar-refractivity contribution in [3.63, 3.8) is 0 Å². The van der Waals surface area contributed by atoms with Gasteiger partial charge in [-0.05, 0) is 49.9 Å². The molecule has 3 nitrogen and oxygen atoms in total. The fourth-order valence-electron chi connectivity index (χ4n) is 4.97. The van der Waals surface area contributed by atoms with E-state index in [0.717, 1.165) is 24.3 Å². The Kier molecular flexibility index (Phi) is 3.45. The van der Waals surface area contributed by atoms with Gasteiger partial charge in [0.15, 0.2) is 9.84 Å². The molecule has 0 heterocycles. The molecule has 114 valence electrons. The van der Waals surface area contributed by atoms with Gasteiger partial charge in [-0.3, -0.25) is 0 Å². The standard InChI is InChI=1S/C15H25NO2S2/c1-9(2)14(19)16-13-11-4-10-5-12(13)8-15(6-10,7-11)20(3,17)18/h9-13H,4-8H2,1-3H3,(H,16,19). The Bertz CT molecular complexity index is 510. The van der Waals surface area contributed by atoms with Crippen LogP contribution in [0.2, 0.25) is 0 Å². The van der Waals surface area contributed by atoms with Crippen LogP contribution >= 0.6 is 12.2 Å². The zero-order valence-electron chi connectivity index (χ0n) is 12.6. The van der Waals surface area contributed by atoms with E-state index in [0.29, 0.717) is 29.7 Å². The first-order chi connectivity index (χ1) is 9.22. The van der Waals surface area contributed by atoms with Crippen molar-refractivity contribution in [1.29, 1.82) is 0 Å². The molecule has 0 radical (unpaired) electrons. The molecule has 4 aliphatic carbocycles. The number of hydrogen-bond acceptors (Lipinski definition) is 3. The van der Waals surface area contributed by atoms with Crippen molar-refractivity contribution < 1.29 is 8.42 Å². The summed E-state index contributed by atoms with van der Waals surface area (Å²) >= 11 is 5.45. The number of hydrogen-bond donors (Lipinski definition) is 1. The fraction of sp³-hybridized carbons (Fsp3) is 0.933. The number of nitrogens with one attached hydrogen (secondary N) is 1. The Morgan fingerprint density at radius 2 is 1.75 bits per heavy atom. The third-order valence-electron chi connectivity index (χ3n) is 5.84. The molecule has 4 fully saturated rings. The van der Waals surface area contributed by atoms with Gasteiger partial charge in [0.2, 0.25) is 0 Å². The third kappa shape index (κ3) is 2.21. The summed E-state index contributed by atoms with van der Waals surface area (Å²) in [7, 11) is -2.95. The Morgan fingerprint density at radius 3 is 2.20 bits per heavy atom. The molecular weight excluding hydrogens is 290 g/mol. The summed E-state index contributed by atoms with van der Waals surface area (Å²) < 4.78 is 24.1. The molecule has 4 aliphatic rings. The molecule has 0 aliphatic heterocycles. The third-order valence-corrected chi connectivity index (χ3v) is 8.50. The van der Waals surface area contributed by atoms with E-state index >= 15 is 0 Å². The van der Waals surface area contributed by atoms with Crippen molar-refractivity contribution in [1.82, 2.24) is 5.32 Å². The van der Waals surface area contributed by atoms with Crippen molar-refractivity contribution >= 4 is 27.0 Å². The van der Waals surface area contributed by atoms with Gasteiger partial charge in [0, 0.05) is 18.2 Å². The van der Waals surface area contributed by atoms with E-state index in [1.807, 2.05) is 0 Å². The van der Waals surface area contributed by atoms with Gasteiger partial charge in [-0.2, -0.15) is 0 Å². The molecule has 0 spiro atoms. The number of sulfone groups is 1. The highest BCUT2D eigenvalue weighted by Crippen LogP contribution is 2.58. The second-order valence-electron chi connectivity index (χ2n) is 7.61. The Balaban J connectivity index is 1.83. The lowest BCUT2D eigenvalue weighted by molar-refractivity contribution is 0.00616. The van der Waals surface area contributed by atoms with Crippen LogP contribution in [0.1, 0.15) is 46.0 Å². The maximum atomic E-state index is 12.3. The Labute approximate surface area is 127 Å². The van der Waals surface area contributed by atoms with Crippen LogP contribution in [0.3, 0.4) is 0 Å². The molecule has 0 aromatic carbocycles. The summed E-state index contributed by atoms with van der Waals surface area (Å²) in [4.78, 5) is 0.941. The van der Waals surface area contributed by atoms with Gasteiger partial charge in [0.25, 0.3) is 0 Å². The molecule has 2 atom stereocenters. The first-order valence-corrected chi connectivity index (χ1v) is 10.0. The lowest BCUT2D eigenvalue weighted by Gasteiger charge is -2.59. The lowest BCUT2D eigenvalue weighted by Crippen LogP contribution is -2.63. The number of rotatable bonds is 3. The maximum absolute atomic E-state index is 12.3. The van der Waals surface area contributed by atoms with Crippen LogP contribution < -0.4 is 5.32 Å². The maximum Gasteiger partial charge on any atom is 0.153 e. The summed E-state index contributed by atoms with van der Waals surface area (Å²) in [6, 6.07) is 0.413. The van der Waals surface area contributed by atoms with Gasteiger partial charge in [-0.25, -0.2) is 8.42 Å². The molecule has 0 saturated heterocycles. The van der Waals surface area contributed by atoms with Gasteiger partial charge < -0.3 is 5.32 Å². The minimum Gasteiger partial charge on any atom is -0.376 e.